The molecule has 31 heavy (non-hydrogen) atoms. The van der Waals surface area contributed by atoms with E-state index in [1.54, 1.807) is 4.90 Å². The van der Waals surface area contributed by atoms with Crippen LogP contribution in [0.3, 0.4) is 0 Å². The molecule has 2 fully saturated rings. The molecule has 1 aromatic heterocycles. The number of carbonyl (C=O) groups is 2. The Labute approximate surface area is 180 Å². The summed E-state index contributed by atoms with van der Waals surface area (Å²) in [4.78, 5) is 30.8. The summed E-state index contributed by atoms with van der Waals surface area (Å²) < 4.78 is 29.0. The molecule has 0 bridgehead atoms. The predicted octanol–water partition coefficient (Wildman–Crippen LogP) is 2.01. The van der Waals surface area contributed by atoms with Gasteiger partial charge < -0.3 is 9.80 Å². The van der Waals surface area contributed by atoms with E-state index in [1.165, 1.54) is 10.5 Å². The minimum atomic E-state index is -0.743. The summed E-state index contributed by atoms with van der Waals surface area (Å²) in [6, 6.07) is 3.00. The molecule has 2 amide bonds. The van der Waals surface area contributed by atoms with Gasteiger partial charge in [-0.15, -0.1) is 0 Å². The van der Waals surface area contributed by atoms with E-state index < -0.39 is 17.6 Å². The second kappa shape index (κ2) is 8.37. The molecule has 166 valence electrons. The van der Waals surface area contributed by atoms with Crippen molar-refractivity contribution in [1.29, 1.82) is 0 Å². The third kappa shape index (κ3) is 4.32. The van der Waals surface area contributed by atoms with Crippen LogP contribution in [0.2, 0.25) is 0 Å². The van der Waals surface area contributed by atoms with Gasteiger partial charge in [-0.2, -0.15) is 5.10 Å². The molecule has 9 heteroatoms. The normalized spacial score (nSPS) is 20.0. The molecule has 0 N–H and O–H groups in total. The van der Waals surface area contributed by atoms with Gasteiger partial charge in [0, 0.05) is 75.7 Å². The first kappa shape index (κ1) is 21.4. The largest absolute Gasteiger partial charge is 0.340 e. The third-order valence-corrected chi connectivity index (χ3v) is 6.36. The Morgan fingerprint density at radius 3 is 2.32 bits per heavy atom. The van der Waals surface area contributed by atoms with Crippen molar-refractivity contribution >= 4 is 17.5 Å². The van der Waals surface area contributed by atoms with Gasteiger partial charge in [-0.25, -0.2) is 8.78 Å². The molecule has 3 heterocycles. The molecule has 2 saturated heterocycles. The highest BCUT2D eigenvalue weighted by molar-refractivity contribution is 6.00. The molecular formula is C22H27F2N5O2. The number of hydrogen-bond donors (Lipinski definition) is 0. The molecule has 1 atom stereocenters. The van der Waals surface area contributed by atoms with Crippen molar-refractivity contribution in [3.05, 3.63) is 46.8 Å². The third-order valence-electron chi connectivity index (χ3n) is 6.36. The molecule has 2 aliphatic rings. The number of halogens is 2. The predicted molar refractivity (Wildman–Crippen MR) is 111 cm³/mol. The molecular weight excluding hydrogens is 404 g/mol. The zero-order valence-corrected chi connectivity index (χ0v) is 18.1. The summed E-state index contributed by atoms with van der Waals surface area (Å²) in [6.45, 7) is 7.70. The topological polar surface area (TPSA) is 61.7 Å². The van der Waals surface area contributed by atoms with Crippen LogP contribution in [0.4, 0.5) is 14.5 Å². The van der Waals surface area contributed by atoms with E-state index >= 15 is 0 Å². The molecule has 2 aromatic rings. The standard InChI is InChI=1S/C22H27F2N5O2/c1-14-20(15(2)26(3)25-14)13-27-4-6-28(7-5-27)22(31)16-8-21(30)29(12-16)19-10-17(23)9-18(24)11-19/h9-11,16H,4-8,12-13H2,1-3H3. The Kier molecular flexibility index (Phi) is 5.79. The lowest BCUT2D eigenvalue weighted by Crippen LogP contribution is -2.50. The van der Waals surface area contributed by atoms with Gasteiger partial charge in [-0.3, -0.25) is 19.2 Å². The summed E-state index contributed by atoms with van der Waals surface area (Å²) in [5, 5.41) is 4.46. The molecule has 4 rings (SSSR count). The Bertz CT molecular complexity index is 993. The van der Waals surface area contributed by atoms with Crippen LogP contribution >= 0.6 is 0 Å². The van der Waals surface area contributed by atoms with Crippen LogP contribution in [0, 0.1) is 31.4 Å². The highest BCUT2D eigenvalue weighted by Gasteiger charge is 2.38. The smallest absolute Gasteiger partial charge is 0.228 e. The first-order chi connectivity index (χ1) is 14.7. The van der Waals surface area contributed by atoms with E-state index in [1.807, 2.05) is 18.7 Å². The van der Waals surface area contributed by atoms with Crippen LogP contribution in [-0.4, -0.2) is 64.1 Å². The van der Waals surface area contributed by atoms with Gasteiger partial charge in [0.1, 0.15) is 11.6 Å². The fourth-order valence-electron chi connectivity index (χ4n) is 4.47. The van der Waals surface area contributed by atoms with E-state index in [-0.39, 0.29) is 30.5 Å². The van der Waals surface area contributed by atoms with Gasteiger partial charge in [-0.1, -0.05) is 0 Å². The number of rotatable bonds is 4. The number of carbonyl (C=O) groups excluding carboxylic acids is 2. The zero-order valence-electron chi connectivity index (χ0n) is 18.1. The van der Waals surface area contributed by atoms with Crippen LogP contribution in [0.1, 0.15) is 23.4 Å². The SMILES string of the molecule is Cc1nn(C)c(C)c1CN1CCN(C(=O)C2CC(=O)N(c3cc(F)cc(F)c3)C2)CC1. The van der Waals surface area contributed by atoms with Crippen molar-refractivity contribution < 1.29 is 18.4 Å². The average molecular weight is 431 g/mol. The molecule has 1 unspecified atom stereocenters. The Morgan fingerprint density at radius 2 is 1.74 bits per heavy atom. The second-order valence-electron chi connectivity index (χ2n) is 8.41. The monoisotopic (exact) mass is 431 g/mol. The van der Waals surface area contributed by atoms with Crippen molar-refractivity contribution in [2.75, 3.05) is 37.6 Å². The van der Waals surface area contributed by atoms with Crippen LogP contribution in [-0.2, 0) is 23.2 Å². The average Bonchev–Trinajstić information content (AvgIpc) is 3.22. The van der Waals surface area contributed by atoms with Gasteiger partial charge in [0.25, 0.3) is 0 Å². The summed E-state index contributed by atoms with van der Waals surface area (Å²) >= 11 is 0. The van der Waals surface area contributed by atoms with Crippen LogP contribution < -0.4 is 4.90 Å². The Hall–Kier alpha value is -2.81. The van der Waals surface area contributed by atoms with E-state index in [4.69, 9.17) is 0 Å². The summed E-state index contributed by atoms with van der Waals surface area (Å²) in [5.41, 5.74) is 3.55. The minimum absolute atomic E-state index is 0.0608. The van der Waals surface area contributed by atoms with Crippen molar-refractivity contribution in [1.82, 2.24) is 19.6 Å². The number of piperazine rings is 1. The van der Waals surface area contributed by atoms with Gasteiger partial charge in [0.2, 0.25) is 11.8 Å². The van der Waals surface area contributed by atoms with Crippen LogP contribution in [0.15, 0.2) is 18.2 Å². The van der Waals surface area contributed by atoms with Gasteiger partial charge >= 0.3 is 0 Å². The summed E-state index contributed by atoms with van der Waals surface area (Å²) in [7, 11) is 1.94. The van der Waals surface area contributed by atoms with Gasteiger partial charge in [-0.05, 0) is 26.0 Å². The number of aromatic nitrogens is 2. The maximum Gasteiger partial charge on any atom is 0.228 e. The quantitative estimate of drug-likeness (QED) is 0.743. The highest BCUT2D eigenvalue weighted by Crippen LogP contribution is 2.28. The summed E-state index contributed by atoms with van der Waals surface area (Å²) in [5.74, 6) is -2.33. The molecule has 0 saturated carbocycles. The molecule has 1 aromatic carbocycles. The highest BCUT2D eigenvalue weighted by atomic mass is 19.1. The number of amides is 2. The fourth-order valence-corrected chi connectivity index (χ4v) is 4.47. The first-order valence-corrected chi connectivity index (χ1v) is 10.5. The van der Waals surface area contributed by atoms with Crippen LogP contribution in [0.25, 0.3) is 0 Å². The second-order valence-corrected chi connectivity index (χ2v) is 8.41. The molecule has 0 radical (unpaired) electrons. The number of hydrogen-bond acceptors (Lipinski definition) is 4. The van der Waals surface area contributed by atoms with Crippen molar-refractivity contribution in [2.45, 2.75) is 26.8 Å². The van der Waals surface area contributed by atoms with E-state index in [0.29, 0.717) is 13.1 Å². The zero-order chi connectivity index (χ0) is 22.3. The number of anilines is 1. The van der Waals surface area contributed by atoms with Gasteiger partial charge in [0.15, 0.2) is 0 Å². The lowest BCUT2D eigenvalue weighted by Gasteiger charge is -2.36. The van der Waals surface area contributed by atoms with Crippen molar-refractivity contribution in [2.24, 2.45) is 13.0 Å². The van der Waals surface area contributed by atoms with Crippen molar-refractivity contribution in [3.8, 4) is 0 Å². The lowest BCUT2D eigenvalue weighted by atomic mass is 10.1. The maximum absolute atomic E-state index is 13.5. The maximum atomic E-state index is 13.5. The van der Waals surface area contributed by atoms with E-state index in [9.17, 15) is 18.4 Å². The van der Waals surface area contributed by atoms with E-state index in [0.717, 1.165) is 49.2 Å². The number of benzene rings is 1. The van der Waals surface area contributed by atoms with Crippen LogP contribution in [0.5, 0.6) is 0 Å². The summed E-state index contributed by atoms with van der Waals surface area (Å²) in [6.07, 6.45) is 0.0608. The molecule has 0 spiro atoms. The lowest BCUT2D eigenvalue weighted by molar-refractivity contribution is -0.137. The molecule has 0 aliphatic carbocycles. The van der Waals surface area contributed by atoms with E-state index in [2.05, 4.69) is 16.9 Å². The first-order valence-electron chi connectivity index (χ1n) is 10.5. The number of nitrogens with zero attached hydrogens (tertiary/aromatic N) is 5. The minimum Gasteiger partial charge on any atom is -0.340 e. The fraction of sp³-hybridized carbons (Fsp3) is 0.500. The van der Waals surface area contributed by atoms with Crippen molar-refractivity contribution in [3.63, 3.8) is 0 Å². The Morgan fingerprint density at radius 1 is 1.10 bits per heavy atom. The number of aryl methyl sites for hydroxylation is 2. The molecule has 7 nitrogen and oxygen atoms in total. The van der Waals surface area contributed by atoms with Gasteiger partial charge in [0.05, 0.1) is 11.6 Å². The molecule has 2 aliphatic heterocycles. The Balaban J connectivity index is 1.35.